The van der Waals surface area contributed by atoms with Gasteiger partial charge in [-0.3, -0.25) is 0 Å². The van der Waals surface area contributed by atoms with Crippen LogP contribution in [0.4, 0.5) is 17.6 Å². The zero-order valence-electron chi connectivity index (χ0n) is 9.08. The molecule has 0 aliphatic rings. The second kappa shape index (κ2) is 4.32. The first kappa shape index (κ1) is 12.4. The van der Waals surface area contributed by atoms with Gasteiger partial charge in [0.1, 0.15) is 0 Å². The molecule has 2 aromatic rings. The van der Waals surface area contributed by atoms with Crippen molar-refractivity contribution in [1.29, 1.82) is 0 Å². The summed E-state index contributed by atoms with van der Waals surface area (Å²) >= 11 is 0. The Hall–Kier alpha value is -2.05. The van der Waals surface area contributed by atoms with E-state index in [1.807, 2.05) is 0 Å². The number of benzene rings is 1. The molecule has 0 saturated carbocycles. The van der Waals surface area contributed by atoms with E-state index < -0.39 is 17.9 Å². The van der Waals surface area contributed by atoms with Gasteiger partial charge < -0.3 is 9.15 Å². The molecule has 1 aromatic heterocycles. The largest absolute Gasteiger partial charge is 0.573 e. The number of aryl methyl sites for hydroxylation is 1. The van der Waals surface area contributed by atoms with E-state index >= 15 is 0 Å². The molecule has 96 valence electrons. The Morgan fingerprint density at radius 1 is 1.28 bits per heavy atom. The molecular formula is C11H7F4NO2. The molecule has 0 fully saturated rings. The van der Waals surface area contributed by atoms with E-state index in [0.29, 0.717) is 5.89 Å². The zero-order valence-corrected chi connectivity index (χ0v) is 9.08. The summed E-state index contributed by atoms with van der Waals surface area (Å²) in [5, 5.41) is 0. The Balaban J connectivity index is 2.30. The van der Waals surface area contributed by atoms with E-state index in [0.717, 1.165) is 12.1 Å². The highest BCUT2D eigenvalue weighted by Crippen LogP contribution is 2.29. The van der Waals surface area contributed by atoms with E-state index in [1.165, 1.54) is 12.3 Å². The molecule has 1 aromatic carbocycles. The minimum absolute atomic E-state index is 0.268. The van der Waals surface area contributed by atoms with E-state index in [1.54, 1.807) is 6.92 Å². The number of aromatic nitrogens is 1. The SMILES string of the molecule is Cc1ncc(-c2ccc(OC(F)(F)F)c(F)c2)o1. The lowest BCUT2D eigenvalue weighted by atomic mass is 10.2. The molecule has 2 rings (SSSR count). The van der Waals surface area contributed by atoms with Crippen molar-refractivity contribution in [1.82, 2.24) is 4.98 Å². The van der Waals surface area contributed by atoms with Gasteiger partial charge in [-0.05, 0) is 18.2 Å². The first-order valence-electron chi connectivity index (χ1n) is 4.83. The molecular weight excluding hydrogens is 254 g/mol. The molecule has 0 saturated heterocycles. The van der Waals surface area contributed by atoms with Crippen molar-refractivity contribution in [2.45, 2.75) is 13.3 Å². The van der Waals surface area contributed by atoms with Gasteiger partial charge in [-0.1, -0.05) is 0 Å². The lowest BCUT2D eigenvalue weighted by Gasteiger charge is -2.09. The van der Waals surface area contributed by atoms with Crippen molar-refractivity contribution in [3.63, 3.8) is 0 Å². The fourth-order valence-corrected chi connectivity index (χ4v) is 1.36. The van der Waals surface area contributed by atoms with Gasteiger partial charge in [0, 0.05) is 12.5 Å². The average molecular weight is 261 g/mol. The van der Waals surface area contributed by atoms with Crippen molar-refractivity contribution >= 4 is 0 Å². The summed E-state index contributed by atoms with van der Waals surface area (Å²) in [6.45, 7) is 1.60. The zero-order chi connectivity index (χ0) is 13.3. The van der Waals surface area contributed by atoms with Gasteiger partial charge in [-0.15, -0.1) is 13.2 Å². The van der Waals surface area contributed by atoms with Crippen molar-refractivity contribution in [2.75, 3.05) is 0 Å². The average Bonchev–Trinajstić information content (AvgIpc) is 2.66. The number of halogens is 4. The van der Waals surface area contributed by atoms with Crippen LogP contribution in [0.5, 0.6) is 5.75 Å². The van der Waals surface area contributed by atoms with Gasteiger partial charge in [0.2, 0.25) is 0 Å². The Kier molecular flexibility index (Phi) is 2.98. The van der Waals surface area contributed by atoms with Gasteiger partial charge in [0.25, 0.3) is 0 Å². The normalized spacial score (nSPS) is 11.6. The molecule has 0 unspecified atom stereocenters. The maximum atomic E-state index is 13.4. The molecule has 3 nitrogen and oxygen atoms in total. The lowest BCUT2D eigenvalue weighted by Crippen LogP contribution is -2.17. The van der Waals surface area contributed by atoms with E-state index in [2.05, 4.69) is 9.72 Å². The number of ether oxygens (including phenoxy) is 1. The molecule has 0 amide bonds. The van der Waals surface area contributed by atoms with Gasteiger partial charge >= 0.3 is 6.36 Å². The molecule has 0 atom stereocenters. The Morgan fingerprint density at radius 3 is 2.50 bits per heavy atom. The smallest absolute Gasteiger partial charge is 0.441 e. The third-order valence-electron chi connectivity index (χ3n) is 2.06. The van der Waals surface area contributed by atoms with Crippen molar-refractivity contribution in [3.8, 4) is 17.1 Å². The molecule has 0 radical (unpaired) electrons. The first-order valence-corrected chi connectivity index (χ1v) is 4.83. The Bertz CT molecular complexity index is 562. The van der Waals surface area contributed by atoms with Crippen LogP contribution < -0.4 is 4.74 Å². The van der Waals surface area contributed by atoms with Crippen LogP contribution in [-0.4, -0.2) is 11.3 Å². The summed E-state index contributed by atoms with van der Waals surface area (Å²) in [7, 11) is 0. The predicted molar refractivity (Wildman–Crippen MR) is 53.3 cm³/mol. The second-order valence-corrected chi connectivity index (χ2v) is 3.44. The highest BCUT2D eigenvalue weighted by Gasteiger charge is 2.32. The van der Waals surface area contributed by atoms with Crippen molar-refractivity contribution in [3.05, 3.63) is 36.1 Å². The van der Waals surface area contributed by atoms with Crippen LogP contribution in [0, 0.1) is 12.7 Å². The summed E-state index contributed by atoms with van der Waals surface area (Å²) in [5.41, 5.74) is 0.280. The summed E-state index contributed by atoms with van der Waals surface area (Å²) in [4.78, 5) is 3.80. The van der Waals surface area contributed by atoms with Gasteiger partial charge in [0.05, 0.1) is 6.20 Å². The molecule has 0 aliphatic heterocycles. The molecule has 18 heavy (non-hydrogen) atoms. The van der Waals surface area contributed by atoms with Crippen LogP contribution in [0.15, 0.2) is 28.8 Å². The third kappa shape index (κ3) is 2.79. The second-order valence-electron chi connectivity index (χ2n) is 3.44. The minimum Gasteiger partial charge on any atom is -0.441 e. The minimum atomic E-state index is -4.93. The summed E-state index contributed by atoms with van der Waals surface area (Å²) < 4.78 is 57.8. The molecule has 0 spiro atoms. The van der Waals surface area contributed by atoms with Crippen LogP contribution >= 0.6 is 0 Å². The number of hydrogen-bond donors (Lipinski definition) is 0. The van der Waals surface area contributed by atoms with Gasteiger partial charge in [-0.25, -0.2) is 9.37 Å². The Labute approximate surface area is 99.0 Å². The summed E-state index contributed by atoms with van der Waals surface area (Å²) in [5.74, 6) is -1.37. The van der Waals surface area contributed by atoms with Crippen LogP contribution in [-0.2, 0) is 0 Å². The number of oxazole rings is 1. The quantitative estimate of drug-likeness (QED) is 0.773. The van der Waals surface area contributed by atoms with E-state index in [9.17, 15) is 17.6 Å². The number of hydrogen-bond acceptors (Lipinski definition) is 3. The fourth-order valence-electron chi connectivity index (χ4n) is 1.36. The van der Waals surface area contributed by atoms with Gasteiger partial charge in [-0.2, -0.15) is 0 Å². The monoisotopic (exact) mass is 261 g/mol. The summed E-state index contributed by atoms with van der Waals surface area (Å²) in [6.07, 6.45) is -3.57. The molecule has 0 N–H and O–H groups in total. The van der Waals surface area contributed by atoms with Crippen LogP contribution in [0.1, 0.15) is 5.89 Å². The highest BCUT2D eigenvalue weighted by molar-refractivity contribution is 5.57. The topological polar surface area (TPSA) is 35.3 Å². The number of nitrogens with zero attached hydrogens (tertiary/aromatic N) is 1. The summed E-state index contributed by atoms with van der Waals surface area (Å²) in [6, 6.07) is 3.03. The van der Waals surface area contributed by atoms with E-state index in [-0.39, 0.29) is 11.3 Å². The number of rotatable bonds is 2. The Morgan fingerprint density at radius 2 is 2.00 bits per heavy atom. The van der Waals surface area contributed by atoms with Gasteiger partial charge in [0.15, 0.2) is 23.2 Å². The molecule has 7 heteroatoms. The fraction of sp³-hybridized carbons (Fsp3) is 0.182. The molecule has 1 heterocycles. The predicted octanol–water partition coefficient (Wildman–Crippen LogP) is 3.69. The molecule has 0 bridgehead atoms. The highest BCUT2D eigenvalue weighted by atomic mass is 19.4. The van der Waals surface area contributed by atoms with E-state index in [4.69, 9.17) is 4.42 Å². The standard InChI is InChI=1S/C11H7F4NO2/c1-6-16-5-10(17-6)7-2-3-9(8(12)4-7)18-11(13,14)15/h2-5H,1H3. The van der Waals surface area contributed by atoms with Crippen LogP contribution in [0.25, 0.3) is 11.3 Å². The van der Waals surface area contributed by atoms with Crippen molar-refractivity contribution < 1.29 is 26.7 Å². The van der Waals surface area contributed by atoms with Crippen LogP contribution in [0.2, 0.25) is 0 Å². The third-order valence-corrected chi connectivity index (χ3v) is 2.06. The first-order chi connectivity index (χ1) is 8.35. The van der Waals surface area contributed by atoms with Crippen LogP contribution in [0.3, 0.4) is 0 Å². The maximum Gasteiger partial charge on any atom is 0.573 e. The number of alkyl halides is 3. The maximum absolute atomic E-state index is 13.4. The molecule has 0 aliphatic carbocycles. The lowest BCUT2D eigenvalue weighted by molar-refractivity contribution is -0.275. The van der Waals surface area contributed by atoms with Crippen molar-refractivity contribution in [2.24, 2.45) is 0 Å².